The number of benzene rings is 2. The molecule has 4 aromatic rings. The van der Waals surface area contributed by atoms with Crippen molar-refractivity contribution < 1.29 is 14.3 Å². The van der Waals surface area contributed by atoms with Gasteiger partial charge in [0, 0.05) is 43.4 Å². The lowest BCUT2D eigenvalue weighted by Crippen LogP contribution is -2.29. The number of methoxy groups -OCH3 is 1. The first-order valence-corrected chi connectivity index (χ1v) is 12.2. The minimum atomic E-state index is -0.194. The van der Waals surface area contributed by atoms with Crippen molar-refractivity contribution in [3.05, 3.63) is 64.1 Å². The van der Waals surface area contributed by atoms with Crippen molar-refractivity contribution >= 4 is 39.9 Å². The fourth-order valence-electron chi connectivity index (χ4n) is 3.93. The summed E-state index contributed by atoms with van der Waals surface area (Å²) >= 11 is 1.53. The van der Waals surface area contributed by atoms with Gasteiger partial charge in [-0.2, -0.15) is 0 Å². The second-order valence-corrected chi connectivity index (χ2v) is 9.35. The molecule has 182 valence electrons. The van der Waals surface area contributed by atoms with Gasteiger partial charge in [-0.3, -0.25) is 9.59 Å². The van der Waals surface area contributed by atoms with Crippen molar-refractivity contribution in [3.8, 4) is 11.4 Å². The molecule has 4 rings (SSSR count). The van der Waals surface area contributed by atoms with Gasteiger partial charge in [-0.15, -0.1) is 11.3 Å². The summed E-state index contributed by atoms with van der Waals surface area (Å²) in [5, 5.41) is 5.81. The van der Waals surface area contributed by atoms with Crippen molar-refractivity contribution in [2.75, 3.05) is 26.1 Å². The molecule has 0 aliphatic carbocycles. The highest BCUT2D eigenvalue weighted by Gasteiger charge is 2.24. The van der Waals surface area contributed by atoms with Crippen LogP contribution in [0.5, 0.6) is 0 Å². The predicted octanol–water partition coefficient (Wildman–Crippen LogP) is 4.81. The highest BCUT2D eigenvalue weighted by atomic mass is 32.1. The highest BCUT2D eigenvalue weighted by Crippen LogP contribution is 2.32. The Morgan fingerprint density at radius 1 is 1.20 bits per heavy atom. The molecule has 0 unspecified atom stereocenters. The maximum absolute atomic E-state index is 13.5. The quantitative estimate of drug-likeness (QED) is 0.382. The van der Waals surface area contributed by atoms with E-state index in [0.717, 1.165) is 27.6 Å². The molecule has 8 nitrogen and oxygen atoms in total. The third-order valence-electron chi connectivity index (χ3n) is 5.95. The van der Waals surface area contributed by atoms with Gasteiger partial charge in [0.15, 0.2) is 0 Å². The van der Waals surface area contributed by atoms with E-state index in [1.54, 1.807) is 31.2 Å². The molecule has 1 N–H and O–H groups in total. The fraction of sp³-hybridized carbons (Fsp3) is 0.308. The number of nitrogens with zero attached hydrogens (tertiary/aromatic N) is 4. The molecular formula is C26H29N5O3S. The number of aromatic nitrogens is 3. The number of carbonyl (C=O) groups is 2. The van der Waals surface area contributed by atoms with Gasteiger partial charge < -0.3 is 19.5 Å². The minimum Gasteiger partial charge on any atom is -0.384 e. The summed E-state index contributed by atoms with van der Waals surface area (Å²) in [5.74, 6) is 0.379. The second kappa shape index (κ2) is 10.4. The lowest BCUT2D eigenvalue weighted by molar-refractivity contribution is -0.117. The van der Waals surface area contributed by atoms with Crippen LogP contribution in [0.2, 0.25) is 0 Å². The molecule has 0 aliphatic rings. The number of rotatable bonds is 8. The molecule has 0 bridgehead atoms. The number of ether oxygens (including phenoxy) is 1. The standard InChI is InChI=1S/C26H29N5O3S/c1-16-15-35-25(27-16)17(2)30(3)26(33)19-13-20(28-22(32)11-12-34-5)23-21(14-19)29-24(31(23)4)18-9-7-6-8-10-18/h6-10,13-15,17H,11-12H2,1-5H3,(H,28,32)/t17-/m0/s1. The van der Waals surface area contributed by atoms with Crippen LogP contribution in [0.1, 0.15) is 40.4 Å². The maximum atomic E-state index is 13.5. The monoisotopic (exact) mass is 491 g/mol. The van der Waals surface area contributed by atoms with Gasteiger partial charge in [0.25, 0.3) is 5.91 Å². The van der Waals surface area contributed by atoms with Crippen molar-refractivity contribution in [2.45, 2.75) is 26.3 Å². The minimum absolute atomic E-state index is 0.174. The summed E-state index contributed by atoms with van der Waals surface area (Å²) in [6, 6.07) is 13.1. The number of imidazole rings is 1. The SMILES string of the molecule is COCCC(=O)Nc1cc(C(=O)N(C)[C@@H](C)c2nc(C)cs2)cc2nc(-c3ccccc3)n(C)c12. The van der Waals surface area contributed by atoms with E-state index in [1.807, 2.05) is 61.2 Å². The topological polar surface area (TPSA) is 89.3 Å². The number of anilines is 1. The van der Waals surface area contributed by atoms with Crippen LogP contribution < -0.4 is 5.32 Å². The number of thiazole rings is 1. The van der Waals surface area contributed by atoms with E-state index >= 15 is 0 Å². The van der Waals surface area contributed by atoms with Gasteiger partial charge >= 0.3 is 0 Å². The van der Waals surface area contributed by atoms with Gasteiger partial charge in [-0.05, 0) is 26.0 Å². The highest BCUT2D eigenvalue weighted by molar-refractivity contribution is 7.09. The first kappa shape index (κ1) is 24.6. The average molecular weight is 492 g/mol. The molecule has 0 fully saturated rings. The molecule has 0 spiro atoms. The summed E-state index contributed by atoms with van der Waals surface area (Å²) in [6.45, 7) is 4.20. The van der Waals surface area contributed by atoms with Crippen molar-refractivity contribution in [2.24, 2.45) is 7.05 Å². The molecular weight excluding hydrogens is 462 g/mol. The molecule has 0 radical (unpaired) electrons. The molecule has 2 aromatic heterocycles. The van der Waals surface area contributed by atoms with E-state index in [1.165, 1.54) is 11.3 Å². The molecule has 0 saturated carbocycles. The first-order chi connectivity index (χ1) is 16.8. The summed E-state index contributed by atoms with van der Waals surface area (Å²) in [7, 11) is 5.22. The Labute approximate surface area is 208 Å². The number of carbonyl (C=O) groups excluding carboxylic acids is 2. The molecule has 1 atom stereocenters. The Morgan fingerprint density at radius 3 is 2.60 bits per heavy atom. The van der Waals surface area contributed by atoms with E-state index in [2.05, 4.69) is 10.3 Å². The lowest BCUT2D eigenvalue weighted by atomic mass is 10.1. The number of fused-ring (bicyclic) bond motifs is 1. The van der Waals surface area contributed by atoms with Crippen LogP contribution in [-0.4, -0.2) is 52.0 Å². The summed E-state index contributed by atoms with van der Waals surface area (Å²) < 4.78 is 6.98. The van der Waals surface area contributed by atoms with Crippen molar-refractivity contribution in [3.63, 3.8) is 0 Å². The number of hydrogen-bond donors (Lipinski definition) is 1. The molecule has 2 aromatic carbocycles. The van der Waals surface area contributed by atoms with E-state index in [-0.39, 0.29) is 24.3 Å². The Bertz CT molecular complexity index is 1360. The molecule has 2 amide bonds. The zero-order valence-electron chi connectivity index (χ0n) is 20.5. The summed E-state index contributed by atoms with van der Waals surface area (Å²) in [5.41, 5.74) is 4.24. The Kier molecular flexibility index (Phi) is 7.28. The van der Waals surface area contributed by atoms with Crippen LogP contribution in [0, 0.1) is 6.92 Å². The zero-order valence-corrected chi connectivity index (χ0v) is 21.3. The molecule has 35 heavy (non-hydrogen) atoms. The number of nitrogens with one attached hydrogen (secondary N) is 1. The van der Waals surface area contributed by atoms with Gasteiger partial charge in [0.2, 0.25) is 5.91 Å². The lowest BCUT2D eigenvalue weighted by Gasteiger charge is -2.23. The number of hydrogen-bond acceptors (Lipinski definition) is 6. The predicted molar refractivity (Wildman–Crippen MR) is 139 cm³/mol. The second-order valence-electron chi connectivity index (χ2n) is 8.46. The Morgan fingerprint density at radius 2 is 1.94 bits per heavy atom. The van der Waals surface area contributed by atoms with Crippen molar-refractivity contribution in [1.82, 2.24) is 19.4 Å². The normalized spacial score (nSPS) is 12.0. The third kappa shape index (κ3) is 5.11. The average Bonchev–Trinajstić information content (AvgIpc) is 3.45. The number of amides is 2. The largest absolute Gasteiger partial charge is 0.384 e. The molecule has 9 heteroatoms. The summed E-state index contributed by atoms with van der Waals surface area (Å²) in [6.07, 6.45) is 0.208. The van der Waals surface area contributed by atoms with Gasteiger partial charge in [-0.25, -0.2) is 9.97 Å². The molecule has 0 aliphatic heterocycles. The van der Waals surface area contributed by atoms with Crippen LogP contribution in [0.3, 0.4) is 0 Å². The van der Waals surface area contributed by atoms with Crippen LogP contribution in [0.25, 0.3) is 22.4 Å². The van der Waals surface area contributed by atoms with Gasteiger partial charge in [0.05, 0.1) is 35.8 Å². The van der Waals surface area contributed by atoms with Gasteiger partial charge in [-0.1, -0.05) is 30.3 Å². The van der Waals surface area contributed by atoms with E-state index in [0.29, 0.717) is 23.4 Å². The van der Waals surface area contributed by atoms with Crippen LogP contribution in [0.15, 0.2) is 47.8 Å². The number of aryl methyl sites for hydroxylation is 2. The van der Waals surface area contributed by atoms with Crippen LogP contribution in [0.4, 0.5) is 5.69 Å². The van der Waals surface area contributed by atoms with Crippen LogP contribution in [-0.2, 0) is 16.6 Å². The van der Waals surface area contributed by atoms with E-state index < -0.39 is 0 Å². The fourth-order valence-corrected chi connectivity index (χ4v) is 4.83. The van der Waals surface area contributed by atoms with Gasteiger partial charge in [0.1, 0.15) is 10.8 Å². The zero-order chi connectivity index (χ0) is 25.1. The van der Waals surface area contributed by atoms with Crippen LogP contribution >= 0.6 is 11.3 Å². The van der Waals surface area contributed by atoms with Crippen molar-refractivity contribution in [1.29, 1.82) is 0 Å². The van der Waals surface area contributed by atoms with E-state index in [4.69, 9.17) is 9.72 Å². The smallest absolute Gasteiger partial charge is 0.254 e. The Hall–Kier alpha value is -3.56. The first-order valence-electron chi connectivity index (χ1n) is 11.3. The Balaban J connectivity index is 1.77. The maximum Gasteiger partial charge on any atom is 0.254 e. The third-order valence-corrected chi connectivity index (χ3v) is 7.08. The molecule has 0 saturated heterocycles. The summed E-state index contributed by atoms with van der Waals surface area (Å²) in [4.78, 5) is 37.1. The molecule has 2 heterocycles. The van der Waals surface area contributed by atoms with E-state index in [9.17, 15) is 9.59 Å².